The summed E-state index contributed by atoms with van der Waals surface area (Å²) in [6.45, 7) is 6.52. The number of nitrogens with zero attached hydrogens (tertiary/aromatic N) is 2. The summed E-state index contributed by atoms with van der Waals surface area (Å²) in [5.41, 5.74) is 2.80. The molecule has 1 heterocycles. The van der Waals surface area contributed by atoms with Crippen molar-refractivity contribution < 1.29 is 19.0 Å². The van der Waals surface area contributed by atoms with Crippen LogP contribution in [0.5, 0.6) is 17.2 Å². The molecule has 4 rings (SSSR count). The van der Waals surface area contributed by atoms with E-state index < -0.39 is 6.10 Å². The van der Waals surface area contributed by atoms with E-state index in [-0.39, 0.29) is 5.78 Å². The monoisotopic (exact) mass is 410 g/mol. The lowest BCUT2D eigenvalue weighted by molar-refractivity contribution is 0.0820. The van der Waals surface area contributed by atoms with Crippen molar-refractivity contribution in [2.75, 3.05) is 47.4 Å². The second-order valence-corrected chi connectivity index (χ2v) is 8.13. The Balaban J connectivity index is 1.48. The van der Waals surface area contributed by atoms with Crippen molar-refractivity contribution in [1.82, 2.24) is 9.80 Å². The molecule has 6 heteroatoms. The van der Waals surface area contributed by atoms with Gasteiger partial charge in [-0.25, -0.2) is 0 Å². The molecule has 6 nitrogen and oxygen atoms in total. The van der Waals surface area contributed by atoms with Crippen molar-refractivity contribution in [3.63, 3.8) is 0 Å². The van der Waals surface area contributed by atoms with E-state index >= 15 is 0 Å². The molecule has 160 valence electrons. The minimum atomic E-state index is -0.522. The molecule has 0 N–H and O–H groups in total. The van der Waals surface area contributed by atoms with Crippen LogP contribution in [0.2, 0.25) is 0 Å². The Morgan fingerprint density at radius 3 is 2.40 bits per heavy atom. The fraction of sp³-hybridized carbons (Fsp3) is 0.458. The molecule has 0 radical (unpaired) electrons. The van der Waals surface area contributed by atoms with Gasteiger partial charge in [-0.15, -0.1) is 0 Å². The zero-order valence-corrected chi connectivity index (χ0v) is 18.2. The molecule has 1 aliphatic heterocycles. The summed E-state index contributed by atoms with van der Waals surface area (Å²) < 4.78 is 16.9. The highest BCUT2D eigenvalue weighted by Crippen LogP contribution is 2.36. The molecule has 0 aromatic heterocycles. The largest absolute Gasteiger partial charge is 0.493 e. The predicted molar refractivity (Wildman–Crippen MR) is 116 cm³/mol. The predicted octanol–water partition coefficient (Wildman–Crippen LogP) is 3.20. The number of hydrogen-bond donors (Lipinski definition) is 0. The van der Waals surface area contributed by atoms with Gasteiger partial charge in [0.15, 0.2) is 17.6 Å². The molecule has 2 aromatic carbocycles. The van der Waals surface area contributed by atoms with E-state index in [4.69, 9.17) is 14.2 Å². The Morgan fingerprint density at radius 1 is 1.00 bits per heavy atom. The molecule has 1 aliphatic carbocycles. The molecule has 2 aliphatic rings. The first kappa shape index (κ1) is 20.7. The van der Waals surface area contributed by atoms with Crippen LogP contribution < -0.4 is 14.2 Å². The van der Waals surface area contributed by atoms with Crippen LogP contribution in [0, 0.1) is 0 Å². The Kier molecular flexibility index (Phi) is 5.97. The topological polar surface area (TPSA) is 51.2 Å². The maximum atomic E-state index is 12.9. The zero-order valence-electron chi connectivity index (χ0n) is 18.2. The third-order valence-corrected chi connectivity index (χ3v) is 6.28. The van der Waals surface area contributed by atoms with Crippen LogP contribution in [0.4, 0.5) is 0 Å². The molecule has 0 saturated carbocycles. The van der Waals surface area contributed by atoms with E-state index in [1.807, 2.05) is 18.2 Å². The Labute approximate surface area is 178 Å². The highest BCUT2D eigenvalue weighted by atomic mass is 16.5. The van der Waals surface area contributed by atoms with Crippen molar-refractivity contribution in [1.29, 1.82) is 0 Å². The lowest BCUT2D eigenvalue weighted by atomic mass is 10.1. The minimum absolute atomic E-state index is 0.0107. The quantitative estimate of drug-likeness (QED) is 0.729. The number of piperazine rings is 1. The fourth-order valence-electron chi connectivity index (χ4n) is 4.31. The van der Waals surface area contributed by atoms with Gasteiger partial charge in [-0.05, 0) is 49.4 Å². The third kappa shape index (κ3) is 4.02. The molecule has 0 spiro atoms. The summed E-state index contributed by atoms with van der Waals surface area (Å²) in [6.07, 6.45) is 0.0123. The van der Waals surface area contributed by atoms with Gasteiger partial charge >= 0.3 is 0 Å². The molecule has 1 fully saturated rings. The number of methoxy groups -OCH3 is 2. The average Bonchev–Trinajstić information content (AvgIpc) is 3.07. The molecular weight excluding hydrogens is 380 g/mol. The molecule has 30 heavy (non-hydrogen) atoms. The Morgan fingerprint density at radius 2 is 1.70 bits per heavy atom. The molecule has 2 unspecified atom stereocenters. The number of ketones is 1. The molecule has 1 saturated heterocycles. The second-order valence-electron chi connectivity index (χ2n) is 8.13. The lowest BCUT2D eigenvalue weighted by Gasteiger charge is -2.36. The van der Waals surface area contributed by atoms with Crippen LogP contribution in [-0.2, 0) is 6.42 Å². The van der Waals surface area contributed by atoms with Gasteiger partial charge in [0.05, 0.1) is 14.2 Å². The molecule has 0 bridgehead atoms. The molecule has 2 atom stereocenters. The van der Waals surface area contributed by atoms with Crippen LogP contribution in [0.15, 0.2) is 36.4 Å². The van der Waals surface area contributed by atoms with Crippen LogP contribution in [0.25, 0.3) is 0 Å². The maximum Gasteiger partial charge on any atom is 0.204 e. The number of carbonyl (C=O) groups excluding carboxylic acids is 1. The summed E-state index contributed by atoms with van der Waals surface area (Å²) >= 11 is 0. The van der Waals surface area contributed by atoms with Crippen molar-refractivity contribution in [2.24, 2.45) is 0 Å². The van der Waals surface area contributed by atoms with Crippen LogP contribution in [-0.4, -0.2) is 69.1 Å². The first-order chi connectivity index (χ1) is 14.5. The maximum absolute atomic E-state index is 12.9. The van der Waals surface area contributed by atoms with Gasteiger partial charge < -0.3 is 19.1 Å². The van der Waals surface area contributed by atoms with Gasteiger partial charge in [0.25, 0.3) is 0 Å². The SMILES string of the molecule is COc1cc2c(cc1OC)C(=O)C(Oc1cccc(C(C)N3CCN(C)CC3)c1)C2. The molecule has 2 aromatic rings. The van der Waals surface area contributed by atoms with Gasteiger partial charge in [0.1, 0.15) is 5.75 Å². The first-order valence-electron chi connectivity index (χ1n) is 10.5. The number of rotatable bonds is 6. The van der Waals surface area contributed by atoms with Gasteiger partial charge in [-0.1, -0.05) is 12.1 Å². The Hall–Kier alpha value is -2.57. The van der Waals surface area contributed by atoms with E-state index in [9.17, 15) is 4.79 Å². The minimum Gasteiger partial charge on any atom is -0.493 e. The fourth-order valence-corrected chi connectivity index (χ4v) is 4.31. The number of fused-ring (bicyclic) bond motifs is 1. The number of carbonyl (C=O) groups is 1. The normalized spacial score (nSPS) is 20.7. The standard InChI is InChI=1S/C24H30N2O4/c1-16(26-10-8-25(2)9-11-26)17-6-5-7-19(12-17)30-23-14-18-13-21(28-3)22(29-4)15-20(18)24(23)27/h5-7,12-13,15-16,23H,8-11,14H2,1-4H3. The van der Waals surface area contributed by atoms with Gasteiger partial charge in [0.2, 0.25) is 5.78 Å². The number of ether oxygens (including phenoxy) is 3. The number of benzene rings is 2. The van der Waals surface area contributed by atoms with E-state index in [0.29, 0.717) is 29.5 Å². The number of hydrogen-bond acceptors (Lipinski definition) is 6. The van der Waals surface area contributed by atoms with Crippen LogP contribution >= 0.6 is 0 Å². The van der Waals surface area contributed by atoms with E-state index in [1.165, 1.54) is 5.56 Å². The van der Waals surface area contributed by atoms with Crippen molar-refractivity contribution in [2.45, 2.75) is 25.5 Å². The summed E-state index contributed by atoms with van der Waals surface area (Å²) in [5, 5.41) is 0. The van der Waals surface area contributed by atoms with Crippen LogP contribution in [0.1, 0.15) is 34.5 Å². The average molecular weight is 411 g/mol. The van der Waals surface area contributed by atoms with Gasteiger partial charge in [0, 0.05) is 44.2 Å². The summed E-state index contributed by atoms with van der Waals surface area (Å²) in [6, 6.07) is 12.1. The van der Waals surface area contributed by atoms with Crippen molar-refractivity contribution >= 4 is 5.78 Å². The van der Waals surface area contributed by atoms with E-state index in [2.05, 4.69) is 35.9 Å². The number of Topliss-reactive ketones (excluding diaryl/α,β-unsaturated/α-hetero) is 1. The molecular formula is C24H30N2O4. The van der Waals surface area contributed by atoms with Crippen molar-refractivity contribution in [3.8, 4) is 17.2 Å². The summed E-state index contributed by atoms with van der Waals surface area (Å²) in [5.74, 6) is 1.92. The Bertz CT molecular complexity index is 921. The van der Waals surface area contributed by atoms with Gasteiger partial charge in [-0.2, -0.15) is 0 Å². The van der Waals surface area contributed by atoms with Crippen LogP contribution in [0.3, 0.4) is 0 Å². The van der Waals surface area contributed by atoms with Gasteiger partial charge in [-0.3, -0.25) is 9.69 Å². The van der Waals surface area contributed by atoms with E-state index in [0.717, 1.165) is 37.5 Å². The van der Waals surface area contributed by atoms with E-state index in [1.54, 1.807) is 20.3 Å². The highest BCUT2D eigenvalue weighted by molar-refractivity contribution is 6.04. The first-order valence-corrected chi connectivity index (χ1v) is 10.5. The lowest BCUT2D eigenvalue weighted by Crippen LogP contribution is -2.45. The smallest absolute Gasteiger partial charge is 0.204 e. The van der Waals surface area contributed by atoms with Crippen molar-refractivity contribution in [3.05, 3.63) is 53.1 Å². The summed E-state index contributed by atoms with van der Waals surface area (Å²) in [7, 11) is 5.34. The number of likely N-dealkylation sites (N-methyl/N-ethyl adjacent to an activating group) is 1. The highest BCUT2D eigenvalue weighted by Gasteiger charge is 2.34. The summed E-state index contributed by atoms with van der Waals surface area (Å²) in [4.78, 5) is 17.8. The zero-order chi connectivity index (χ0) is 21.3. The second kappa shape index (κ2) is 8.66. The third-order valence-electron chi connectivity index (χ3n) is 6.28. The molecule has 0 amide bonds.